The Morgan fingerprint density at radius 2 is 2.06 bits per heavy atom. The first kappa shape index (κ1) is 11.3. The molecule has 0 saturated carbocycles. The number of pyridine rings is 1. The van der Waals surface area contributed by atoms with E-state index >= 15 is 0 Å². The molecule has 1 aliphatic rings. The van der Waals surface area contributed by atoms with Gasteiger partial charge in [-0.3, -0.25) is 9.59 Å². The van der Waals surface area contributed by atoms with E-state index in [1.54, 1.807) is 18.3 Å². The zero-order valence-electron chi connectivity index (χ0n) is 8.96. The Labute approximate surface area is 98.3 Å². The van der Waals surface area contributed by atoms with E-state index in [1.807, 2.05) is 16.7 Å². The zero-order valence-corrected chi connectivity index (χ0v) is 9.78. The zero-order chi connectivity index (χ0) is 11.4. The van der Waals surface area contributed by atoms with Crippen LogP contribution >= 0.6 is 11.8 Å². The molecule has 1 amide bonds. The Balaban J connectivity index is 2.01. The quantitative estimate of drug-likeness (QED) is 0.750. The Bertz CT molecular complexity index is 424. The van der Waals surface area contributed by atoms with Gasteiger partial charge in [-0.15, -0.1) is 0 Å². The first-order chi connectivity index (χ1) is 7.77. The maximum atomic E-state index is 11.9. The SMILES string of the molecule is O=C(Cn1ccccc1=O)N1CCSCC1. The minimum Gasteiger partial charge on any atom is -0.339 e. The van der Waals surface area contributed by atoms with E-state index < -0.39 is 0 Å². The summed E-state index contributed by atoms with van der Waals surface area (Å²) in [7, 11) is 0. The minimum atomic E-state index is -0.123. The molecule has 2 rings (SSSR count). The third-order valence-corrected chi connectivity index (χ3v) is 3.51. The van der Waals surface area contributed by atoms with Gasteiger partial charge in [0.15, 0.2) is 0 Å². The molecule has 4 nitrogen and oxygen atoms in total. The van der Waals surface area contributed by atoms with Gasteiger partial charge in [-0.1, -0.05) is 6.07 Å². The van der Waals surface area contributed by atoms with Crippen molar-refractivity contribution in [2.75, 3.05) is 24.6 Å². The van der Waals surface area contributed by atoms with Crippen LogP contribution in [0.3, 0.4) is 0 Å². The highest BCUT2D eigenvalue weighted by Crippen LogP contribution is 2.09. The monoisotopic (exact) mass is 238 g/mol. The number of thioether (sulfide) groups is 1. The second-order valence-electron chi connectivity index (χ2n) is 3.66. The lowest BCUT2D eigenvalue weighted by molar-refractivity contribution is -0.131. The van der Waals surface area contributed by atoms with Crippen LogP contribution < -0.4 is 5.56 Å². The molecule has 1 aromatic rings. The Morgan fingerprint density at radius 3 is 2.75 bits per heavy atom. The van der Waals surface area contributed by atoms with Crippen molar-refractivity contribution >= 4 is 17.7 Å². The summed E-state index contributed by atoms with van der Waals surface area (Å²) in [5, 5.41) is 0. The highest BCUT2D eigenvalue weighted by atomic mass is 32.2. The largest absolute Gasteiger partial charge is 0.339 e. The summed E-state index contributed by atoms with van der Waals surface area (Å²) in [5.41, 5.74) is -0.123. The standard InChI is InChI=1S/C11H14N2O2S/c14-10-3-1-2-4-13(10)9-11(15)12-5-7-16-8-6-12/h1-4H,5-9H2. The number of aromatic nitrogens is 1. The average molecular weight is 238 g/mol. The van der Waals surface area contributed by atoms with Crippen molar-refractivity contribution in [2.24, 2.45) is 0 Å². The van der Waals surface area contributed by atoms with Crippen LogP contribution in [0.15, 0.2) is 29.2 Å². The van der Waals surface area contributed by atoms with Crippen LogP contribution in [0.1, 0.15) is 0 Å². The molecular weight excluding hydrogens is 224 g/mol. The normalized spacial score (nSPS) is 16.1. The molecule has 0 N–H and O–H groups in total. The Kier molecular flexibility index (Phi) is 3.66. The van der Waals surface area contributed by atoms with Crippen molar-refractivity contribution in [1.29, 1.82) is 0 Å². The lowest BCUT2D eigenvalue weighted by atomic mass is 10.4. The molecule has 1 fully saturated rings. The summed E-state index contributed by atoms with van der Waals surface area (Å²) in [6.07, 6.45) is 1.65. The molecule has 1 aromatic heterocycles. The molecular formula is C11H14N2O2S. The molecule has 2 heterocycles. The highest BCUT2D eigenvalue weighted by Gasteiger charge is 2.16. The van der Waals surface area contributed by atoms with Crippen molar-refractivity contribution in [3.63, 3.8) is 0 Å². The van der Waals surface area contributed by atoms with Gasteiger partial charge in [-0.2, -0.15) is 11.8 Å². The Hall–Kier alpha value is -1.23. The van der Waals surface area contributed by atoms with E-state index in [1.165, 1.54) is 10.6 Å². The fourth-order valence-corrected chi connectivity index (χ4v) is 2.55. The lowest BCUT2D eigenvalue weighted by Gasteiger charge is -2.26. The van der Waals surface area contributed by atoms with Gasteiger partial charge in [0, 0.05) is 36.9 Å². The van der Waals surface area contributed by atoms with Gasteiger partial charge in [0.05, 0.1) is 0 Å². The third-order valence-electron chi connectivity index (χ3n) is 2.57. The average Bonchev–Trinajstić information content (AvgIpc) is 2.33. The van der Waals surface area contributed by atoms with Crippen LogP contribution in [-0.4, -0.2) is 40.0 Å². The molecule has 0 aliphatic carbocycles. The number of hydrogen-bond acceptors (Lipinski definition) is 3. The molecule has 0 radical (unpaired) electrons. The van der Waals surface area contributed by atoms with Crippen molar-refractivity contribution in [3.05, 3.63) is 34.7 Å². The summed E-state index contributed by atoms with van der Waals surface area (Å²) in [6.45, 7) is 1.75. The van der Waals surface area contributed by atoms with Gasteiger partial charge in [0.1, 0.15) is 6.54 Å². The number of nitrogens with zero attached hydrogens (tertiary/aromatic N) is 2. The van der Waals surface area contributed by atoms with Crippen LogP contribution in [0.25, 0.3) is 0 Å². The molecule has 0 spiro atoms. The predicted molar refractivity (Wildman–Crippen MR) is 64.6 cm³/mol. The first-order valence-electron chi connectivity index (χ1n) is 5.28. The van der Waals surface area contributed by atoms with E-state index in [9.17, 15) is 9.59 Å². The van der Waals surface area contributed by atoms with Crippen LogP contribution in [-0.2, 0) is 11.3 Å². The highest BCUT2D eigenvalue weighted by molar-refractivity contribution is 7.99. The molecule has 1 saturated heterocycles. The summed E-state index contributed by atoms with van der Waals surface area (Å²) >= 11 is 1.86. The van der Waals surface area contributed by atoms with Crippen LogP contribution in [0.4, 0.5) is 0 Å². The third kappa shape index (κ3) is 2.66. The molecule has 16 heavy (non-hydrogen) atoms. The topological polar surface area (TPSA) is 42.3 Å². The molecule has 1 aliphatic heterocycles. The number of rotatable bonds is 2. The van der Waals surface area contributed by atoms with E-state index in [0.29, 0.717) is 0 Å². The lowest BCUT2D eigenvalue weighted by Crippen LogP contribution is -2.41. The molecule has 5 heteroatoms. The van der Waals surface area contributed by atoms with Crippen LogP contribution in [0, 0.1) is 0 Å². The predicted octanol–water partition coefficient (Wildman–Crippen LogP) is 0.424. The number of carbonyl (C=O) groups is 1. The molecule has 0 unspecified atom stereocenters. The van der Waals surface area contributed by atoms with Crippen molar-refractivity contribution in [1.82, 2.24) is 9.47 Å². The Morgan fingerprint density at radius 1 is 1.31 bits per heavy atom. The van der Waals surface area contributed by atoms with Gasteiger partial charge in [0.2, 0.25) is 5.91 Å². The summed E-state index contributed by atoms with van der Waals surface area (Å²) in [5.74, 6) is 2.03. The van der Waals surface area contributed by atoms with Crippen molar-refractivity contribution in [3.8, 4) is 0 Å². The second-order valence-corrected chi connectivity index (χ2v) is 4.88. The van der Waals surface area contributed by atoms with Crippen LogP contribution in [0.5, 0.6) is 0 Å². The first-order valence-corrected chi connectivity index (χ1v) is 6.44. The minimum absolute atomic E-state index is 0.0357. The summed E-state index contributed by atoms with van der Waals surface area (Å²) in [4.78, 5) is 25.1. The van der Waals surface area contributed by atoms with Gasteiger partial charge >= 0.3 is 0 Å². The molecule has 86 valence electrons. The van der Waals surface area contributed by atoms with Gasteiger partial charge in [0.25, 0.3) is 5.56 Å². The maximum Gasteiger partial charge on any atom is 0.250 e. The molecule has 0 atom stereocenters. The van der Waals surface area contributed by atoms with E-state index in [2.05, 4.69) is 0 Å². The van der Waals surface area contributed by atoms with Gasteiger partial charge in [-0.05, 0) is 6.07 Å². The summed E-state index contributed by atoms with van der Waals surface area (Å²) in [6, 6.07) is 4.92. The second kappa shape index (κ2) is 5.21. The maximum absolute atomic E-state index is 11.9. The fourth-order valence-electron chi connectivity index (χ4n) is 1.65. The smallest absolute Gasteiger partial charge is 0.250 e. The van der Waals surface area contributed by atoms with E-state index in [-0.39, 0.29) is 18.0 Å². The van der Waals surface area contributed by atoms with Gasteiger partial charge < -0.3 is 9.47 Å². The number of carbonyl (C=O) groups excluding carboxylic acids is 1. The van der Waals surface area contributed by atoms with E-state index in [0.717, 1.165) is 24.6 Å². The molecule has 0 bridgehead atoms. The van der Waals surface area contributed by atoms with Gasteiger partial charge in [-0.25, -0.2) is 0 Å². The fraction of sp³-hybridized carbons (Fsp3) is 0.455. The summed E-state index contributed by atoms with van der Waals surface area (Å²) < 4.78 is 1.45. The number of hydrogen-bond donors (Lipinski definition) is 0. The van der Waals surface area contributed by atoms with Crippen LogP contribution in [0.2, 0.25) is 0 Å². The number of amides is 1. The molecule has 0 aromatic carbocycles. The van der Waals surface area contributed by atoms with Crippen molar-refractivity contribution < 1.29 is 4.79 Å². The van der Waals surface area contributed by atoms with E-state index in [4.69, 9.17) is 0 Å². The van der Waals surface area contributed by atoms with Crippen molar-refractivity contribution in [2.45, 2.75) is 6.54 Å².